The number of Topliss-reactive ketones (excluding diaryl/α,β-unsaturated/α-hetero) is 3. The van der Waals surface area contributed by atoms with Crippen LogP contribution in [0.25, 0.3) is 32.7 Å². The van der Waals surface area contributed by atoms with Crippen LogP contribution >= 0.6 is 46.1 Å². The molecule has 0 atom stereocenters. The molecule has 6 aliphatic rings. The molecule has 21 nitrogen and oxygen atoms in total. The molecular weight excluding hydrogens is 1780 g/mol. The molecule has 6 saturated heterocycles. The lowest BCUT2D eigenvalue weighted by Crippen LogP contribution is -2.52. The molecule has 0 N–H and O–H groups in total. The molecule has 0 radical (unpaired) electrons. The van der Waals surface area contributed by atoms with Crippen molar-refractivity contribution in [3.05, 3.63) is 257 Å². The number of amides is 1. The molecule has 696 valence electrons. The van der Waals surface area contributed by atoms with Crippen molar-refractivity contribution >= 4 is 102 Å². The smallest absolute Gasteiger partial charge is 0.417 e. The Morgan fingerprint density at radius 3 is 1.38 bits per heavy atom. The van der Waals surface area contributed by atoms with Crippen LogP contribution in [0.5, 0.6) is 52.0 Å². The van der Waals surface area contributed by atoms with Gasteiger partial charge < -0.3 is 57.3 Å². The van der Waals surface area contributed by atoms with E-state index in [0.29, 0.717) is 117 Å². The highest BCUT2D eigenvalue weighted by Gasteiger charge is 2.44. The maximum Gasteiger partial charge on any atom is 0.417 e. The van der Waals surface area contributed by atoms with E-state index in [4.69, 9.17) is 77.4 Å². The number of hydrogen-bond donors (Lipinski definition) is 0. The summed E-state index contributed by atoms with van der Waals surface area (Å²) in [6, 6.07) is 41.4. The summed E-state index contributed by atoms with van der Waals surface area (Å²) < 4.78 is 107. The van der Waals surface area contributed by atoms with E-state index in [1.165, 1.54) is 50.5 Å². The van der Waals surface area contributed by atoms with Gasteiger partial charge >= 0.3 is 6.18 Å². The van der Waals surface area contributed by atoms with E-state index in [1.807, 2.05) is 128 Å². The van der Waals surface area contributed by atoms with Crippen molar-refractivity contribution in [1.29, 1.82) is 0 Å². The second kappa shape index (κ2) is 43.3. The molecule has 10 heterocycles. The Morgan fingerprint density at radius 2 is 0.895 bits per heavy atom. The van der Waals surface area contributed by atoms with Gasteiger partial charge in [0.1, 0.15) is 76.1 Å². The number of ketones is 3. The lowest BCUT2D eigenvalue weighted by Gasteiger charge is -2.47. The average Bonchev–Trinajstić information content (AvgIpc) is 1.06. The number of carbonyl (C=O) groups excluding carboxylic acids is 4. The zero-order valence-corrected chi connectivity index (χ0v) is 78.1. The van der Waals surface area contributed by atoms with Crippen molar-refractivity contribution in [1.82, 2.24) is 39.6 Å². The Kier molecular flexibility index (Phi) is 31.0. The van der Waals surface area contributed by atoms with Crippen molar-refractivity contribution in [2.75, 3.05) is 112 Å². The zero-order valence-electron chi connectivity index (χ0n) is 75.0. The van der Waals surface area contributed by atoms with Crippen LogP contribution in [-0.2, 0) is 78.1 Å². The molecule has 29 heteroatoms. The third kappa shape index (κ3) is 24.9. The van der Waals surface area contributed by atoms with Gasteiger partial charge in [0.25, 0.3) is 0 Å². The fourth-order valence-electron chi connectivity index (χ4n) is 17.7. The molecule has 18 rings (SSSR count). The first kappa shape index (κ1) is 95.4. The molecule has 0 saturated carbocycles. The quantitative estimate of drug-likeness (QED) is 0.0275. The Morgan fingerprint density at radius 1 is 0.436 bits per heavy atom. The molecular formula is C104H107Cl3F4N8O13S. The molecule has 6 aliphatic heterocycles. The number of halogens is 7. The summed E-state index contributed by atoms with van der Waals surface area (Å²) in [6.07, 6.45) is 10.7. The van der Waals surface area contributed by atoms with Gasteiger partial charge in [0.05, 0.1) is 97.4 Å². The average molecular weight is 1890 g/mol. The van der Waals surface area contributed by atoms with Crippen molar-refractivity contribution < 1.29 is 79.4 Å². The summed E-state index contributed by atoms with van der Waals surface area (Å²) in [5.41, 5.74) is 10.1. The molecule has 133 heavy (non-hydrogen) atoms. The van der Waals surface area contributed by atoms with Crippen molar-refractivity contribution in [3.8, 4) is 52.0 Å². The van der Waals surface area contributed by atoms with Gasteiger partial charge in [-0.1, -0.05) is 82.8 Å². The van der Waals surface area contributed by atoms with Crippen LogP contribution in [0.15, 0.2) is 175 Å². The van der Waals surface area contributed by atoms with Gasteiger partial charge in [0, 0.05) is 127 Å². The number of piperidine rings is 3. The minimum Gasteiger partial charge on any atom is -0.493 e. The molecule has 8 aromatic carbocycles. The van der Waals surface area contributed by atoms with E-state index >= 15 is 0 Å². The highest BCUT2D eigenvalue weighted by molar-refractivity contribution is 7.08. The van der Waals surface area contributed by atoms with Crippen LogP contribution in [0.2, 0.25) is 15.1 Å². The molecule has 6 fully saturated rings. The van der Waals surface area contributed by atoms with Crippen molar-refractivity contribution in [2.45, 2.75) is 137 Å². The van der Waals surface area contributed by atoms with Crippen LogP contribution in [0.1, 0.15) is 125 Å². The van der Waals surface area contributed by atoms with Crippen molar-refractivity contribution in [3.63, 3.8) is 0 Å². The maximum atomic E-state index is 14.1. The van der Waals surface area contributed by atoms with Gasteiger partial charge in [-0.25, -0.2) is 24.3 Å². The monoisotopic (exact) mass is 1890 g/mol. The van der Waals surface area contributed by atoms with E-state index in [-0.39, 0.29) is 71.8 Å². The van der Waals surface area contributed by atoms with Crippen LogP contribution in [0, 0.1) is 49.8 Å². The first-order valence-electron chi connectivity index (χ1n) is 45.3. The van der Waals surface area contributed by atoms with E-state index in [0.717, 1.165) is 208 Å². The van der Waals surface area contributed by atoms with Gasteiger partial charge in [0.15, 0.2) is 0 Å². The number of likely N-dealkylation sites (tertiary alicyclic amines) is 3. The number of nitrogens with zero attached hydrogens (tertiary/aromatic N) is 8. The largest absolute Gasteiger partial charge is 0.493 e. The third-order valence-corrected chi connectivity index (χ3v) is 27.7. The van der Waals surface area contributed by atoms with Gasteiger partial charge in [-0.2, -0.15) is 24.5 Å². The summed E-state index contributed by atoms with van der Waals surface area (Å²) in [5.74, 6) is 4.99. The molecule has 1 amide bonds. The Balaban J connectivity index is 0.000000146. The van der Waals surface area contributed by atoms with E-state index in [1.54, 1.807) is 53.9 Å². The van der Waals surface area contributed by atoms with Crippen molar-refractivity contribution in [2.24, 2.45) is 16.2 Å². The first-order chi connectivity index (χ1) is 64.2. The fraction of sp³-hybridized carbons (Fsp3) is 0.394. The number of alkyl halides is 3. The standard InChI is InChI=1S/C37H39FN2O5.C35H34Cl2F3N3O4.C32H34ClN3O4S/c1-25-5-10-32(38)28(18-25)21-29(41)20-27-6-8-30(9-7-27)45-34-11-14-39-33-22-35(26(2)19-31(33)34)44-17-3-4-36(42)40-15-12-37(13-16-40)23-43-24-37;1-22-13-27-31(18-32(22)46-12-2-9-43-10-7-34(8-11-43)19-45-20-34)41-21-42-33(27)47-26-5-4-24(30(37)17-26)16-25(44)14-23-3-6-29(36)28(15-23)35(38,39)40;1-22-13-27-29(17-30(22)39-11-2-8-36-9-6-32(7-10-36)19-38-20-32)34-21-35-31(27)40-26-4-3-24(28(33)16-26)15-25(37)14-23-5-12-41-18-23/h5-11,14,18-19,22H,3-4,12-13,15-17,20-21,23-24H2,1-2H3;3-6,13,15,17-18,21H,2,7-12,14,16,19-20H2,1H3;3-5,12-13,16-18,21H,2,6-11,14-15,19-20H2,1H3. The first-order valence-corrected chi connectivity index (χ1v) is 47.4. The van der Waals surface area contributed by atoms with Crippen LogP contribution in [0.4, 0.5) is 17.6 Å². The lowest BCUT2D eigenvalue weighted by atomic mass is 9.77. The number of rotatable bonds is 33. The molecule has 0 aliphatic carbocycles. The number of carbonyl (C=O) groups is 4. The Labute approximate surface area is 790 Å². The minimum atomic E-state index is -4.61. The van der Waals surface area contributed by atoms with Gasteiger partial charge in [-0.3, -0.25) is 24.2 Å². The summed E-state index contributed by atoms with van der Waals surface area (Å²) in [5, 5.41) is 6.70. The minimum absolute atomic E-state index is 0.0481. The molecule has 3 spiro atoms. The summed E-state index contributed by atoms with van der Waals surface area (Å²) >= 11 is 20.3. The number of pyridine rings is 1. The number of aromatic nitrogens is 5. The molecule has 4 aromatic heterocycles. The predicted octanol–water partition coefficient (Wildman–Crippen LogP) is 21.9. The summed E-state index contributed by atoms with van der Waals surface area (Å²) in [7, 11) is 0. The second-order valence-corrected chi connectivity index (χ2v) is 38.1. The number of thiophene rings is 1. The van der Waals surface area contributed by atoms with Crippen LogP contribution < -0.4 is 28.4 Å². The van der Waals surface area contributed by atoms with E-state index in [2.05, 4.69) is 34.7 Å². The zero-order chi connectivity index (χ0) is 92.8. The summed E-state index contributed by atoms with van der Waals surface area (Å²) in [6.45, 7) is 23.2. The molecule has 0 bridgehead atoms. The Bertz CT molecular complexity index is 6150. The van der Waals surface area contributed by atoms with Gasteiger partial charge in [0.2, 0.25) is 17.7 Å². The fourth-order valence-corrected chi connectivity index (χ4v) is 19.1. The van der Waals surface area contributed by atoms with Gasteiger partial charge in [-0.15, -0.1) is 0 Å². The number of aryl methyl sites for hydroxylation is 4. The van der Waals surface area contributed by atoms with Crippen LogP contribution in [-0.4, -0.2) is 175 Å². The highest BCUT2D eigenvalue weighted by atomic mass is 35.5. The van der Waals surface area contributed by atoms with Gasteiger partial charge in [-0.05, 0) is 257 Å². The third-order valence-electron chi connectivity index (χ3n) is 25.9. The SMILES string of the molecule is Cc1cc2c(Oc3ccc(CC(=O)Cc4ccc(Cl)c(C(F)(F)F)c4)c(Cl)c3)ncnc2cc1OCCCN1CCC2(CC1)COC2.Cc1cc2c(Oc3ccc(CC(=O)Cc4ccsc4)c(Cl)c3)ncnc2cc1OCCCN1CCC2(CC1)COC2.Cc1ccc(F)c(CC(=O)Cc2ccc(Oc3ccnc4cc(OCCCC(=O)N5CCC6(CC5)COC6)c(C)cc34)cc2)c1. The van der Waals surface area contributed by atoms with Crippen LogP contribution in [0.3, 0.4) is 0 Å². The number of ether oxygens (including phenoxy) is 9. The maximum absolute atomic E-state index is 14.1. The molecule has 0 unspecified atom stereocenters. The second-order valence-electron chi connectivity index (χ2n) is 36.1. The Hall–Kier alpha value is -10.8. The summed E-state index contributed by atoms with van der Waals surface area (Å²) in [4.78, 5) is 79.6. The number of benzene rings is 8. The molecule has 12 aromatic rings. The number of hydrogen-bond acceptors (Lipinski definition) is 21. The predicted molar refractivity (Wildman–Crippen MR) is 506 cm³/mol. The van der Waals surface area contributed by atoms with E-state index in [9.17, 15) is 36.7 Å². The van der Waals surface area contributed by atoms with E-state index < -0.39 is 16.8 Å². The lowest BCUT2D eigenvalue weighted by molar-refractivity contribution is -0.153. The number of fused-ring (bicyclic) bond motifs is 3. The topological polar surface area (TPSA) is 226 Å². The highest BCUT2D eigenvalue weighted by Crippen LogP contribution is 2.44. The normalized spacial score (nSPS) is 16.1.